The molecule has 0 N–H and O–H groups in total. The number of hydrogen-bond donors (Lipinski definition) is 0. The van der Waals surface area contributed by atoms with Crippen LogP contribution in [0.3, 0.4) is 0 Å². The van der Waals surface area contributed by atoms with Crippen LogP contribution >= 0.6 is 0 Å². The van der Waals surface area contributed by atoms with E-state index in [0.717, 1.165) is 6.26 Å². The molecule has 0 aliphatic heterocycles. The lowest BCUT2D eigenvalue weighted by atomic mass is 9.97. The highest BCUT2D eigenvalue weighted by Crippen LogP contribution is 2.15. The SMILES string of the molecule is CC(C)(C)C(=O)OC=C(C#N)C#N. The third-order valence-corrected chi connectivity index (χ3v) is 1.14. The number of esters is 1. The molecule has 0 bridgehead atoms. The van der Waals surface area contributed by atoms with Crippen molar-refractivity contribution in [1.82, 2.24) is 0 Å². The molecule has 0 saturated carbocycles. The van der Waals surface area contributed by atoms with Crippen molar-refractivity contribution in [2.75, 3.05) is 0 Å². The van der Waals surface area contributed by atoms with Crippen LogP contribution in [-0.4, -0.2) is 5.97 Å². The first-order valence-corrected chi connectivity index (χ1v) is 3.63. The Labute approximate surface area is 77.0 Å². The molecule has 0 aromatic carbocycles. The molecule has 0 aliphatic carbocycles. The highest BCUT2D eigenvalue weighted by atomic mass is 16.5. The number of nitriles is 2. The molecular weight excluding hydrogens is 168 g/mol. The lowest BCUT2D eigenvalue weighted by Gasteiger charge is -2.13. The van der Waals surface area contributed by atoms with E-state index in [9.17, 15) is 4.79 Å². The van der Waals surface area contributed by atoms with E-state index in [0.29, 0.717) is 0 Å². The fraction of sp³-hybridized carbons (Fsp3) is 0.444. The Morgan fingerprint density at radius 1 is 1.31 bits per heavy atom. The Morgan fingerprint density at radius 2 is 1.77 bits per heavy atom. The summed E-state index contributed by atoms with van der Waals surface area (Å²) in [5.41, 5.74) is -0.857. The average Bonchev–Trinajstić information content (AvgIpc) is 2.04. The molecule has 0 aromatic heterocycles. The van der Waals surface area contributed by atoms with Crippen molar-refractivity contribution in [2.24, 2.45) is 5.41 Å². The number of ether oxygens (including phenoxy) is 1. The minimum Gasteiger partial charge on any atom is -0.432 e. The van der Waals surface area contributed by atoms with Crippen LogP contribution in [0.2, 0.25) is 0 Å². The zero-order valence-corrected chi connectivity index (χ0v) is 7.79. The van der Waals surface area contributed by atoms with E-state index in [2.05, 4.69) is 4.74 Å². The zero-order chi connectivity index (χ0) is 10.5. The molecule has 13 heavy (non-hydrogen) atoms. The molecule has 0 spiro atoms. The molecule has 4 heteroatoms. The van der Waals surface area contributed by atoms with Gasteiger partial charge in [0.05, 0.1) is 5.41 Å². The summed E-state index contributed by atoms with van der Waals surface area (Å²) < 4.78 is 4.60. The Kier molecular flexibility index (Phi) is 3.68. The maximum Gasteiger partial charge on any atom is 0.316 e. The number of carbonyl (C=O) groups is 1. The van der Waals surface area contributed by atoms with Crippen molar-refractivity contribution in [3.63, 3.8) is 0 Å². The molecular formula is C9H10N2O2. The van der Waals surface area contributed by atoms with Gasteiger partial charge >= 0.3 is 5.97 Å². The molecule has 0 fully saturated rings. The number of rotatable bonds is 1. The molecule has 0 amide bonds. The summed E-state index contributed by atoms with van der Waals surface area (Å²) in [6.45, 7) is 5.05. The van der Waals surface area contributed by atoms with Crippen molar-refractivity contribution < 1.29 is 9.53 Å². The molecule has 0 saturated heterocycles. The standard InChI is InChI=1S/C9H10N2O2/c1-9(2,3)8(12)13-6-7(4-10)5-11/h6H,1-3H3. The van der Waals surface area contributed by atoms with Crippen LogP contribution in [0, 0.1) is 28.1 Å². The second-order valence-electron chi connectivity index (χ2n) is 3.41. The highest BCUT2D eigenvalue weighted by Gasteiger charge is 2.22. The summed E-state index contributed by atoms with van der Waals surface area (Å²) in [5, 5.41) is 16.6. The van der Waals surface area contributed by atoms with Crippen molar-refractivity contribution in [3.8, 4) is 12.1 Å². The van der Waals surface area contributed by atoms with Crippen LogP contribution in [0.4, 0.5) is 0 Å². The van der Waals surface area contributed by atoms with Gasteiger partial charge in [0.2, 0.25) is 0 Å². The van der Waals surface area contributed by atoms with Gasteiger partial charge in [-0.25, -0.2) is 0 Å². The van der Waals surface area contributed by atoms with Crippen LogP contribution in [0.1, 0.15) is 20.8 Å². The molecule has 0 unspecified atom stereocenters. The lowest BCUT2D eigenvalue weighted by molar-refractivity contribution is -0.146. The van der Waals surface area contributed by atoms with Gasteiger partial charge in [0.25, 0.3) is 0 Å². The third kappa shape index (κ3) is 3.93. The van der Waals surface area contributed by atoms with Crippen LogP contribution < -0.4 is 0 Å². The molecule has 68 valence electrons. The minimum absolute atomic E-state index is 0.224. The van der Waals surface area contributed by atoms with Crippen LogP contribution in [0.15, 0.2) is 11.8 Å². The van der Waals surface area contributed by atoms with E-state index in [1.165, 1.54) is 0 Å². The van der Waals surface area contributed by atoms with Crippen LogP contribution in [-0.2, 0) is 9.53 Å². The maximum absolute atomic E-state index is 11.1. The molecule has 0 radical (unpaired) electrons. The van der Waals surface area contributed by atoms with Gasteiger partial charge in [0.15, 0.2) is 5.57 Å². The first-order chi connectivity index (χ1) is 5.91. The van der Waals surface area contributed by atoms with Crippen molar-refractivity contribution in [1.29, 1.82) is 10.5 Å². The van der Waals surface area contributed by atoms with E-state index in [1.807, 2.05) is 0 Å². The smallest absolute Gasteiger partial charge is 0.316 e. The maximum atomic E-state index is 11.1. The second-order valence-corrected chi connectivity index (χ2v) is 3.41. The predicted octanol–water partition coefficient (Wildman–Crippen LogP) is 1.51. The Hall–Kier alpha value is -1.81. The molecule has 0 rings (SSSR count). The van der Waals surface area contributed by atoms with Gasteiger partial charge in [-0.15, -0.1) is 0 Å². The van der Waals surface area contributed by atoms with Gasteiger partial charge in [-0.05, 0) is 20.8 Å². The van der Waals surface area contributed by atoms with E-state index >= 15 is 0 Å². The molecule has 4 nitrogen and oxygen atoms in total. The second kappa shape index (κ2) is 4.27. The van der Waals surface area contributed by atoms with E-state index in [4.69, 9.17) is 10.5 Å². The Bertz CT molecular complexity index is 294. The highest BCUT2D eigenvalue weighted by molar-refractivity contribution is 5.76. The van der Waals surface area contributed by atoms with Gasteiger partial charge in [-0.1, -0.05) is 0 Å². The third-order valence-electron chi connectivity index (χ3n) is 1.14. The van der Waals surface area contributed by atoms with E-state index in [1.54, 1.807) is 32.9 Å². The van der Waals surface area contributed by atoms with Gasteiger partial charge < -0.3 is 4.74 Å². The Balaban J connectivity index is 4.37. The topological polar surface area (TPSA) is 73.9 Å². The molecule has 0 aromatic rings. The summed E-state index contributed by atoms with van der Waals surface area (Å²) >= 11 is 0. The average molecular weight is 178 g/mol. The van der Waals surface area contributed by atoms with E-state index in [-0.39, 0.29) is 5.57 Å². The molecule has 0 aliphatic rings. The van der Waals surface area contributed by atoms with Crippen LogP contribution in [0.5, 0.6) is 0 Å². The summed E-state index contributed by atoms with van der Waals surface area (Å²) in [7, 11) is 0. The number of nitrogens with zero attached hydrogens (tertiary/aromatic N) is 2. The van der Waals surface area contributed by atoms with Gasteiger partial charge in [0.1, 0.15) is 18.4 Å². The zero-order valence-electron chi connectivity index (χ0n) is 7.79. The number of allylic oxidation sites excluding steroid dienone is 1. The minimum atomic E-state index is -0.632. The number of hydrogen-bond acceptors (Lipinski definition) is 4. The monoisotopic (exact) mass is 178 g/mol. The summed E-state index contributed by atoms with van der Waals surface area (Å²) in [4.78, 5) is 11.1. The fourth-order valence-corrected chi connectivity index (χ4v) is 0.367. The van der Waals surface area contributed by atoms with Crippen molar-refractivity contribution in [3.05, 3.63) is 11.8 Å². The predicted molar refractivity (Wildman–Crippen MR) is 44.9 cm³/mol. The van der Waals surface area contributed by atoms with Crippen molar-refractivity contribution in [2.45, 2.75) is 20.8 Å². The summed E-state index contributed by atoms with van der Waals surface area (Å²) in [6.07, 6.45) is 0.869. The quantitative estimate of drug-likeness (QED) is 0.346. The van der Waals surface area contributed by atoms with Gasteiger partial charge in [-0.2, -0.15) is 10.5 Å². The summed E-state index contributed by atoms with van der Waals surface area (Å²) in [6, 6.07) is 3.16. The lowest BCUT2D eigenvalue weighted by Crippen LogP contribution is -2.21. The Morgan fingerprint density at radius 3 is 2.08 bits per heavy atom. The van der Waals surface area contributed by atoms with E-state index < -0.39 is 11.4 Å². The fourth-order valence-electron chi connectivity index (χ4n) is 0.367. The molecule has 0 heterocycles. The summed E-state index contributed by atoms with van der Waals surface area (Å²) in [5.74, 6) is -0.476. The molecule has 0 atom stereocenters. The number of carbonyl (C=O) groups excluding carboxylic acids is 1. The largest absolute Gasteiger partial charge is 0.432 e. The first-order valence-electron chi connectivity index (χ1n) is 3.63. The van der Waals surface area contributed by atoms with Crippen molar-refractivity contribution >= 4 is 5.97 Å². The van der Waals surface area contributed by atoms with Crippen LogP contribution in [0.25, 0.3) is 0 Å². The normalized spacial score (nSPS) is 9.31. The van der Waals surface area contributed by atoms with Gasteiger partial charge in [0, 0.05) is 0 Å². The van der Waals surface area contributed by atoms with Gasteiger partial charge in [-0.3, -0.25) is 4.79 Å². The first kappa shape index (κ1) is 11.2.